The van der Waals surface area contributed by atoms with Gasteiger partial charge in [-0.1, -0.05) is 0 Å². The predicted molar refractivity (Wildman–Crippen MR) is 60.7 cm³/mol. The molecule has 1 aromatic heterocycles. The standard InChI is InChI=1S/C11H18N4O/c1-7(2)15-6-13-5-9(15)10(11(12)16)14-8-3-4-8/h5-8,10,14H,3-4H2,1-2H3,(H2,12,16). The maximum atomic E-state index is 11.5. The molecular formula is C11H18N4O. The maximum absolute atomic E-state index is 11.5. The number of nitrogens with two attached hydrogens (primary N) is 1. The summed E-state index contributed by atoms with van der Waals surface area (Å²) in [5.74, 6) is -0.339. The van der Waals surface area contributed by atoms with E-state index in [2.05, 4.69) is 24.1 Å². The first kappa shape index (κ1) is 11.1. The molecule has 1 saturated carbocycles. The van der Waals surface area contributed by atoms with Crippen molar-refractivity contribution in [2.24, 2.45) is 5.73 Å². The van der Waals surface area contributed by atoms with Crippen molar-refractivity contribution in [3.63, 3.8) is 0 Å². The fourth-order valence-corrected chi connectivity index (χ4v) is 1.77. The SMILES string of the molecule is CC(C)n1cncc1C(NC1CC1)C(N)=O. The quantitative estimate of drug-likeness (QED) is 0.771. The summed E-state index contributed by atoms with van der Waals surface area (Å²) >= 11 is 0. The van der Waals surface area contributed by atoms with Gasteiger partial charge in [-0.05, 0) is 26.7 Å². The summed E-state index contributed by atoms with van der Waals surface area (Å²) in [6.07, 6.45) is 5.70. The maximum Gasteiger partial charge on any atom is 0.240 e. The largest absolute Gasteiger partial charge is 0.368 e. The van der Waals surface area contributed by atoms with E-state index in [9.17, 15) is 4.79 Å². The third-order valence-corrected chi connectivity index (χ3v) is 2.81. The van der Waals surface area contributed by atoms with Crippen LogP contribution in [0.5, 0.6) is 0 Å². The Balaban J connectivity index is 2.22. The molecule has 1 fully saturated rings. The van der Waals surface area contributed by atoms with Gasteiger partial charge in [0.25, 0.3) is 0 Å². The Morgan fingerprint density at radius 1 is 1.62 bits per heavy atom. The summed E-state index contributed by atoms with van der Waals surface area (Å²) in [6, 6.07) is 0.297. The molecule has 0 spiro atoms. The van der Waals surface area contributed by atoms with Gasteiger partial charge in [-0.25, -0.2) is 4.98 Å². The second-order valence-electron chi connectivity index (χ2n) is 4.60. The number of aromatic nitrogens is 2. The molecule has 16 heavy (non-hydrogen) atoms. The summed E-state index contributed by atoms with van der Waals surface area (Å²) < 4.78 is 1.98. The molecular weight excluding hydrogens is 204 g/mol. The van der Waals surface area contributed by atoms with Gasteiger partial charge in [0, 0.05) is 12.1 Å². The number of nitrogens with one attached hydrogen (secondary N) is 1. The highest BCUT2D eigenvalue weighted by atomic mass is 16.1. The summed E-state index contributed by atoms with van der Waals surface area (Å²) in [5.41, 5.74) is 6.29. The molecule has 88 valence electrons. The van der Waals surface area contributed by atoms with Crippen molar-refractivity contribution in [2.75, 3.05) is 0 Å². The Morgan fingerprint density at radius 2 is 2.31 bits per heavy atom. The van der Waals surface area contributed by atoms with Crippen molar-refractivity contribution in [1.82, 2.24) is 14.9 Å². The zero-order chi connectivity index (χ0) is 11.7. The molecule has 1 aromatic rings. The summed E-state index contributed by atoms with van der Waals surface area (Å²) in [7, 11) is 0. The summed E-state index contributed by atoms with van der Waals surface area (Å²) in [5, 5.41) is 3.25. The lowest BCUT2D eigenvalue weighted by molar-refractivity contribution is -0.120. The van der Waals surface area contributed by atoms with E-state index in [1.54, 1.807) is 12.5 Å². The number of rotatable bonds is 5. The van der Waals surface area contributed by atoms with Gasteiger partial charge >= 0.3 is 0 Å². The van der Waals surface area contributed by atoms with Gasteiger partial charge in [0.2, 0.25) is 5.91 Å². The molecule has 0 aromatic carbocycles. The third kappa shape index (κ3) is 2.24. The van der Waals surface area contributed by atoms with Gasteiger partial charge in [-0.2, -0.15) is 0 Å². The van der Waals surface area contributed by atoms with E-state index in [-0.39, 0.29) is 11.9 Å². The topological polar surface area (TPSA) is 72.9 Å². The van der Waals surface area contributed by atoms with E-state index in [4.69, 9.17) is 5.73 Å². The summed E-state index contributed by atoms with van der Waals surface area (Å²) in [4.78, 5) is 15.5. The Morgan fingerprint density at radius 3 is 2.81 bits per heavy atom. The van der Waals surface area contributed by atoms with E-state index < -0.39 is 6.04 Å². The Bertz CT molecular complexity index is 381. The lowest BCUT2D eigenvalue weighted by atomic mass is 10.2. The van der Waals surface area contributed by atoms with Crippen LogP contribution in [0.15, 0.2) is 12.5 Å². The fourth-order valence-electron chi connectivity index (χ4n) is 1.77. The monoisotopic (exact) mass is 222 g/mol. The molecule has 5 heteroatoms. The second kappa shape index (κ2) is 4.25. The highest BCUT2D eigenvalue weighted by Crippen LogP contribution is 2.25. The number of carbonyl (C=O) groups excluding carboxylic acids is 1. The first-order valence-corrected chi connectivity index (χ1v) is 5.66. The van der Waals surface area contributed by atoms with Crippen LogP contribution in [-0.2, 0) is 4.79 Å². The number of hydrogen-bond acceptors (Lipinski definition) is 3. The van der Waals surface area contributed by atoms with Crippen LogP contribution >= 0.6 is 0 Å². The van der Waals surface area contributed by atoms with Crippen LogP contribution in [0.3, 0.4) is 0 Å². The van der Waals surface area contributed by atoms with E-state index in [0.717, 1.165) is 18.5 Å². The Hall–Kier alpha value is -1.36. The molecule has 0 saturated heterocycles. The number of primary amides is 1. The van der Waals surface area contributed by atoms with Crippen molar-refractivity contribution < 1.29 is 4.79 Å². The van der Waals surface area contributed by atoms with Crippen LogP contribution in [0.25, 0.3) is 0 Å². The number of amides is 1. The second-order valence-corrected chi connectivity index (χ2v) is 4.60. The lowest BCUT2D eigenvalue weighted by Gasteiger charge is -2.19. The zero-order valence-corrected chi connectivity index (χ0v) is 9.68. The minimum absolute atomic E-state index is 0.278. The molecule has 5 nitrogen and oxygen atoms in total. The molecule has 2 rings (SSSR count). The lowest BCUT2D eigenvalue weighted by Crippen LogP contribution is -2.36. The van der Waals surface area contributed by atoms with Gasteiger partial charge in [0.05, 0.1) is 18.2 Å². The molecule has 0 bridgehead atoms. The molecule has 1 aliphatic carbocycles. The van der Waals surface area contributed by atoms with Crippen LogP contribution in [0, 0.1) is 0 Å². The van der Waals surface area contributed by atoms with Gasteiger partial charge in [0.15, 0.2) is 0 Å². The molecule has 1 unspecified atom stereocenters. The minimum Gasteiger partial charge on any atom is -0.368 e. The molecule has 3 N–H and O–H groups in total. The molecule has 1 heterocycles. The van der Waals surface area contributed by atoms with Gasteiger partial charge in [0.1, 0.15) is 6.04 Å². The number of nitrogens with zero attached hydrogens (tertiary/aromatic N) is 2. The molecule has 0 aliphatic heterocycles. The van der Waals surface area contributed by atoms with E-state index in [1.165, 1.54) is 0 Å². The molecule has 1 atom stereocenters. The van der Waals surface area contributed by atoms with E-state index >= 15 is 0 Å². The van der Waals surface area contributed by atoms with Gasteiger partial charge in [-0.15, -0.1) is 0 Å². The van der Waals surface area contributed by atoms with E-state index in [1.807, 2.05) is 4.57 Å². The van der Waals surface area contributed by atoms with Crippen molar-refractivity contribution in [2.45, 2.75) is 44.8 Å². The Labute approximate surface area is 95.0 Å². The highest BCUT2D eigenvalue weighted by molar-refractivity contribution is 5.81. The first-order chi connectivity index (χ1) is 7.59. The van der Waals surface area contributed by atoms with Crippen molar-refractivity contribution in [3.05, 3.63) is 18.2 Å². The summed E-state index contributed by atoms with van der Waals surface area (Å²) in [6.45, 7) is 4.11. The fraction of sp³-hybridized carbons (Fsp3) is 0.636. The van der Waals surface area contributed by atoms with E-state index in [0.29, 0.717) is 6.04 Å². The normalized spacial score (nSPS) is 17.7. The van der Waals surface area contributed by atoms with Gasteiger partial charge < -0.3 is 10.3 Å². The predicted octanol–water partition coefficient (Wildman–Crippen LogP) is 0.742. The number of carbonyl (C=O) groups is 1. The van der Waals surface area contributed by atoms with Crippen LogP contribution < -0.4 is 11.1 Å². The average molecular weight is 222 g/mol. The highest BCUT2D eigenvalue weighted by Gasteiger charge is 2.30. The smallest absolute Gasteiger partial charge is 0.240 e. The zero-order valence-electron chi connectivity index (χ0n) is 9.68. The van der Waals surface area contributed by atoms with Crippen molar-refractivity contribution >= 4 is 5.91 Å². The van der Waals surface area contributed by atoms with Crippen LogP contribution in [0.1, 0.15) is 44.5 Å². The van der Waals surface area contributed by atoms with Crippen LogP contribution in [0.2, 0.25) is 0 Å². The molecule has 1 amide bonds. The van der Waals surface area contributed by atoms with Crippen molar-refractivity contribution in [3.8, 4) is 0 Å². The molecule has 0 radical (unpaired) electrons. The Kier molecular flexibility index (Phi) is 2.96. The van der Waals surface area contributed by atoms with Gasteiger partial charge in [-0.3, -0.25) is 10.1 Å². The van der Waals surface area contributed by atoms with Crippen molar-refractivity contribution in [1.29, 1.82) is 0 Å². The molecule has 1 aliphatic rings. The third-order valence-electron chi connectivity index (χ3n) is 2.81. The first-order valence-electron chi connectivity index (χ1n) is 5.66. The van der Waals surface area contributed by atoms with Crippen LogP contribution in [-0.4, -0.2) is 21.5 Å². The van der Waals surface area contributed by atoms with Crippen LogP contribution in [0.4, 0.5) is 0 Å². The minimum atomic E-state index is -0.419. The number of imidazole rings is 1. The number of hydrogen-bond donors (Lipinski definition) is 2. The average Bonchev–Trinajstić information content (AvgIpc) is 2.89.